The molecule has 0 fully saturated rings. The first-order valence-corrected chi connectivity index (χ1v) is 6.39. The first-order chi connectivity index (χ1) is 9.52. The summed E-state index contributed by atoms with van der Waals surface area (Å²) in [6, 6.07) is 5.34. The Morgan fingerprint density at radius 3 is 2.80 bits per heavy atom. The summed E-state index contributed by atoms with van der Waals surface area (Å²) in [5, 5.41) is 12.4. The predicted molar refractivity (Wildman–Crippen MR) is 77.5 cm³/mol. The number of aromatic amines is 1. The fraction of sp³-hybridized carbons (Fsp3) is 0.0714. The lowest BCUT2D eigenvalue weighted by Crippen LogP contribution is -2.25. The predicted octanol–water partition coefficient (Wildman–Crippen LogP) is 2.77. The number of aromatic nitrogens is 1. The number of carboxylic acid groups (broad SMARTS) is 1. The number of fused-ring (bicyclic) bond motifs is 1. The number of carboxylic acids is 1. The van der Waals surface area contributed by atoms with E-state index in [0.29, 0.717) is 10.0 Å². The van der Waals surface area contributed by atoms with E-state index in [9.17, 15) is 9.90 Å². The summed E-state index contributed by atoms with van der Waals surface area (Å²) in [5.41, 5.74) is 1.60. The fourth-order valence-electron chi connectivity index (χ4n) is 1.71. The highest BCUT2D eigenvalue weighted by Gasteiger charge is 2.06. The number of halogens is 2. The molecule has 0 aliphatic rings. The molecule has 4 nitrogen and oxygen atoms in total. The molecule has 0 radical (unpaired) electrons. The molecule has 1 aromatic heterocycles. The second kappa shape index (κ2) is 6.03. The van der Waals surface area contributed by atoms with Crippen molar-refractivity contribution in [3.63, 3.8) is 0 Å². The lowest BCUT2D eigenvalue weighted by Gasteiger charge is -2.04. The van der Waals surface area contributed by atoms with Gasteiger partial charge >= 0.3 is 0 Å². The van der Waals surface area contributed by atoms with Crippen molar-refractivity contribution in [3.8, 4) is 0 Å². The number of H-pyrrole nitrogens is 1. The van der Waals surface area contributed by atoms with Gasteiger partial charge in [0.1, 0.15) is 11.7 Å². The van der Waals surface area contributed by atoms with Gasteiger partial charge < -0.3 is 19.6 Å². The van der Waals surface area contributed by atoms with Crippen molar-refractivity contribution in [2.24, 2.45) is 0 Å². The Bertz CT molecular complexity index is 717. The van der Waals surface area contributed by atoms with Crippen molar-refractivity contribution in [3.05, 3.63) is 51.8 Å². The Balaban J connectivity index is 2.31. The van der Waals surface area contributed by atoms with Crippen LogP contribution in [0.3, 0.4) is 0 Å². The summed E-state index contributed by atoms with van der Waals surface area (Å²) in [4.78, 5) is 13.7. The zero-order chi connectivity index (χ0) is 14.7. The summed E-state index contributed by atoms with van der Waals surface area (Å²) < 4.78 is 4.64. The third-order valence-corrected chi connectivity index (χ3v) is 3.47. The van der Waals surface area contributed by atoms with Gasteiger partial charge in [0, 0.05) is 16.6 Å². The molecule has 0 aliphatic carbocycles. The number of hydrogen-bond donors (Lipinski definition) is 1. The number of allylic oxidation sites excluding steroid dienone is 2. The zero-order valence-electron chi connectivity index (χ0n) is 10.4. The number of methoxy groups -OCH3 is 1. The van der Waals surface area contributed by atoms with Crippen molar-refractivity contribution in [1.29, 1.82) is 0 Å². The molecule has 6 heteroatoms. The fourth-order valence-corrected chi connectivity index (χ4v) is 2.10. The molecule has 2 aromatic rings. The van der Waals surface area contributed by atoms with Crippen molar-refractivity contribution in [2.75, 3.05) is 7.11 Å². The highest BCUT2D eigenvalue weighted by molar-refractivity contribution is 6.45. The van der Waals surface area contributed by atoms with E-state index in [1.54, 1.807) is 12.1 Å². The second-order valence-corrected chi connectivity index (χ2v) is 4.71. The van der Waals surface area contributed by atoms with Crippen LogP contribution in [-0.4, -0.2) is 18.1 Å². The molecule has 0 aliphatic heterocycles. The minimum absolute atomic E-state index is 0.251. The molecule has 0 atom stereocenters. The molecule has 1 heterocycles. The Kier molecular flexibility index (Phi) is 4.37. The minimum Gasteiger partial charge on any atom is -0.542 e. The van der Waals surface area contributed by atoms with Crippen LogP contribution in [0.25, 0.3) is 17.0 Å². The lowest BCUT2D eigenvalue weighted by molar-refractivity contribution is -0.302. The molecule has 1 N–H and O–H groups in total. The zero-order valence-corrected chi connectivity index (χ0v) is 12.0. The van der Waals surface area contributed by atoms with Gasteiger partial charge in [-0.3, -0.25) is 0 Å². The van der Waals surface area contributed by atoms with E-state index in [-0.39, 0.29) is 5.76 Å². The van der Waals surface area contributed by atoms with Crippen molar-refractivity contribution in [1.82, 2.24) is 4.98 Å². The van der Waals surface area contributed by atoms with Crippen LogP contribution in [0, 0.1) is 0 Å². The van der Waals surface area contributed by atoms with Crippen LogP contribution in [0.1, 0.15) is 5.69 Å². The molecular weight excluding hydrogens is 301 g/mol. The van der Waals surface area contributed by atoms with E-state index >= 15 is 0 Å². The second-order valence-electron chi connectivity index (χ2n) is 3.93. The molecule has 0 unspecified atom stereocenters. The number of rotatable bonds is 4. The van der Waals surface area contributed by atoms with E-state index in [1.807, 2.05) is 12.1 Å². The van der Waals surface area contributed by atoms with E-state index in [0.717, 1.165) is 16.6 Å². The van der Waals surface area contributed by atoms with Crippen LogP contribution in [0.5, 0.6) is 0 Å². The standard InChI is InChI=1S/C14H11Cl2NO3/c1-20-12(14(18)19)4-2-3-8-7-9-11(17-8)6-5-10(15)13(9)16/h2-7,17H,1H3,(H,18,19)/p-1/b3-2+,12-4-. The van der Waals surface area contributed by atoms with E-state index in [2.05, 4.69) is 9.72 Å². The van der Waals surface area contributed by atoms with Gasteiger partial charge in [-0.05, 0) is 30.4 Å². The summed E-state index contributed by atoms with van der Waals surface area (Å²) in [5.74, 6) is -1.62. The van der Waals surface area contributed by atoms with Crippen LogP contribution in [0.4, 0.5) is 0 Å². The number of benzene rings is 1. The minimum atomic E-state index is -1.37. The molecule has 1 aromatic carbocycles. The van der Waals surface area contributed by atoms with Crippen LogP contribution in [0.2, 0.25) is 10.0 Å². The normalized spacial score (nSPS) is 12.2. The van der Waals surface area contributed by atoms with E-state index < -0.39 is 5.97 Å². The largest absolute Gasteiger partial charge is 0.542 e. The smallest absolute Gasteiger partial charge is 0.141 e. The third-order valence-electron chi connectivity index (χ3n) is 2.66. The van der Waals surface area contributed by atoms with Crippen molar-refractivity contribution in [2.45, 2.75) is 0 Å². The van der Waals surface area contributed by atoms with E-state index in [4.69, 9.17) is 23.2 Å². The summed E-state index contributed by atoms with van der Waals surface area (Å²) in [7, 11) is 1.26. The van der Waals surface area contributed by atoms with Gasteiger partial charge in [-0.1, -0.05) is 29.3 Å². The SMILES string of the molecule is CO/C(=C\C=C\c1cc2c(Cl)c(Cl)ccc2[nH]1)C(=O)[O-]. The Morgan fingerprint density at radius 2 is 2.15 bits per heavy atom. The maximum absolute atomic E-state index is 10.6. The van der Waals surface area contributed by atoms with Gasteiger partial charge in [0.05, 0.1) is 17.2 Å². The average Bonchev–Trinajstić information content (AvgIpc) is 2.82. The number of carbonyl (C=O) groups is 1. The number of ether oxygens (including phenoxy) is 1. The van der Waals surface area contributed by atoms with Crippen LogP contribution in [0.15, 0.2) is 36.1 Å². The summed E-state index contributed by atoms with van der Waals surface area (Å²) >= 11 is 12.0. The number of nitrogens with one attached hydrogen (secondary N) is 1. The first-order valence-electron chi connectivity index (χ1n) is 5.63. The van der Waals surface area contributed by atoms with Gasteiger partial charge in [0.2, 0.25) is 0 Å². The third kappa shape index (κ3) is 2.98. The van der Waals surface area contributed by atoms with Crippen LogP contribution < -0.4 is 5.11 Å². The maximum Gasteiger partial charge on any atom is 0.141 e. The number of hydrogen-bond acceptors (Lipinski definition) is 3. The molecule has 104 valence electrons. The molecule has 0 spiro atoms. The van der Waals surface area contributed by atoms with Crippen molar-refractivity contribution >= 4 is 46.2 Å². The number of aliphatic carboxylic acids is 1. The quantitative estimate of drug-likeness (QED) is 0.536. The lowest BCUT2D eigenvalue weighted by atomic mass is 10.2. The summed E-state index contributed by atoms with van der Waals surface area (Å²) in [6.07, 6.45) is 4.52. The van der Waals surface area contributed by atoms with Crippen LogP contribution in [-0.2, 0) is 9.53 Å². The van der Waals surface area contributed by atoms with E-state index in [1.165, 1.54) is 19.3 Å². The molecule has 2 rings (SSSR count). The monoisotopic (exact) mass is 310 g/mol. The summed E-state index contributed by atoms with van der Waals surface area (Å²) in [6.45, 7) is 0. The number of carbonyl (C=O) groups excluding carboxylic acids is 1. The topological polar surface area (TPSA) is 65.2 Å². The molecular formula is C14H10Cl2NO3-. The van der Waals surface area contributed by atoms with Gasteiger partial charge in [0.15, 0.2) is 0 Å². The first kappa shape index (κ1) is 14.5. The van der Waals surface area contributed by atoms with Gasteiger partial charge in [-0.2, -0.15) is 0 Å². The molecule has 0 saturated carbocycles. The Hall–Kier alpha value is -1.91. The van der Waals surface area contributed by atoms with Gasteiger partial charge in [0.25, 0.3) is 0 Å². The highest BCUT2D eigenvalue weighted by atomic mass is 35.5. The van der Waals surface area contributed by atoms with Gasteiger partial charge in [-0.15, -0.1) is 0 Å². The van der Waals surface area contributed by atoms with Crippen molar-refractivity contribution < 1.29 is 14.6 Å². The average molecular weight is 311 g/mol. The molecule has 20 heavy (non-hydrogen) atoms. The molecule has 0 bridgehead atoms. The highest BCUT2D eigenvalue weighted by Crippen LogP contribution is 2.31. The maximum atomic E-state index is 10.6. The van der Waals surface area contributed by atoms with Crippen LogP contribution >= 0.6 is 23.2 Å². The molecule has 0 amide bonds. The van der Waals surface area contributed by atoms with Gasteiger partial charge in [-0.25, -0.2) is 0 Å². The Labute approximate surface area is 125 Å². The molecule has 0 saturated heterocycles. The Morgan fingerprint density at radius 1 is 1.40 bits per heavy atom.